The highest BCUT2D eigenvalue weighted by molar-refractivity contribution is 7.80. The second-order valence-electron chi connectivity index (χ2n) is 6.56. The Hall–Kier alpha value is -2.11. The number of hydrogen-bond acceptors (Lipinski definition) is 2. The average molecular weight is 357 g/mol. The van der Waals surface area contributed by atoms with E-state index >= 15 is 0 Å². The van der Waals surface area contributed by atoms with Crippen molar-refractivity contribution in [2.45, 2.75) is 13.5 Å². The maximum Gasteiger partial charge on any atom is 0.173 e. The molecule has 0 radical (unpaired) electrons. The number of benzene rings is 2. The van der Waals surface area contributed by atoms with Crippen molar-refractivity contribution in [1.29, 1.82) is 0 Å². The van der Waals surface area contributed by atoms with Crippen LogP contribution in [-0.4, -0.2) is 43.3 Å². The molecule has 0 atom stereocenters. The summed E-state index contributed by atoms with van der Waals surface area (Å²) in [6.45, 7) is 7.44. The molecule has 1 aliphatic heterocycles. The molecule has 1 aliphatic rings. The third-order valence-corrected chi connectivity index (χ3v) is 5.00. The number of quaternary nitrogens is 1. The summed E-state index contributed by atoms with van der Waals surface area (Å²) in [6.07, 6.45) is 0. The summed E-state index contributed by atoms with van der Waals surface area (Å²) in [6, 6.07) is 16.7. The van der Waals surface area contributed by atoms with Gasteiger partial charge in [-0.1, -0.05) is 29.8 Å². The number of rotatable bonds is 4. The number of nitrogens with one attached hydrogen (secondary N) is 2. The number of methoxy groups -OCH3 is 1. The van der Waals surface area contributed by atoms with Gasteiger partial charge in [-0.3, -0.25) is 0 Å². The highest BCUT2D eigenvalue weighted by Crippen LogP contribution is 2.15. The van der Waals surface area contributed by atoms with Gasteiger partial charge in [0.15, 0.2) is 5.11 Å². The second-order valence-corrected chi connectivity index (χ2v) is 6.95. The highest BCUT2D eigenvalue weighted by Gasteiger charge is 2.21. The smallest absolute Gasteiger partial charge is 0.173 e. The minimum absolute atomic E-state index is 0.805. The lowest BCUT2D eigenvalue weighted by molar-refractivity contribution is -0.917. The molecule has 0 unspecified atom stereocenters. The Bertz CT molecular complexity index is 709. The number of anilines is 1. The van der Waals surface area contributed by atoms with E-state index in [0.29, 0.717) is 0 Å². The van der Waals surface area contributed by atoms with E-state index < -0.39 is 0 Å². The van der Waals surface area contributed by atoms with Crippen LogP contribution in [0.25, 0.3) is 0 Å². The van der Waals surface area contributed by atoms with Gasteiger partial charge in [0.1, 0.15) is 12.3 Å². The molecule has 3 rings (SSSR count). The number of aryl methyl sites for hydroxylation is 1. The first-order valence-corrected chi connectivity index (χ1v) is 9.14. The first-order valence-electron chi connectivity index (χ1n) is 8.73. The van der Waals surface area contributed by atoms with Crippen molar-refractivity contribution < 1.29 is 9.64 Å². The van der Waals surface area contributed by atoms with Crippen molar-refractivity contribution in [1.82, 2.24) is 4.90 Å². The van der Waals surface area contributed by atoms with E-state index in [1.807, 2.05) is 24.3 Å². The number of nitrogens with zero attached hydrogens (tertiary/aromatic N) is 1. The Morgan fingerprint density at radius 2 is 1.88 bits per heavy atom. The lowest BCUT2D eigenvalue weighted by Crippen LogP contribution is -3.13. The lowest BCUT2D eigenvalue weighted by Gasteiger charge is -2.34. The molecule has 132 valence electrons. The normalized spacial score (nSPS) is 15.0. The van der Waals surface area contributed by atoms with Crippen LogP contribution >= 0.6 is 12.2 Å². The topological polar surface area (TPSA) is 28.9 Å². The van der Waals surface area contributed by atoms with Crippen LogP contribution in [0, 0.1) is 6.92 Å². The van der Waals surface area contributed by atoms with Crippen molar-refractivity contribution >= 4 is 23.0 Å². The Balaban J connectivity index is 1.48. The third-order valence-electron chi connectivity index (χ3n) is 4.64. The van der Waals surface area contributed by atoms with Gasteiger partial charge in [-0.2, -0.15) is 0 Å². The van der Waals surface area contributed by atoms with Gasteiger partial charge < -0.3 is 19.9 Å². The summed E-state index contributed by atoms with van der Waals surface area (Å²) in [4.78, 5) is 3.88. The maximum absolute atomic E-state index is 5.58. The average Bonchev–Trinajstić information content (AvgIpc) is 2.63. The number of hydrogen-bond donors (Lipinski definition) is 2. The number of ether oxygens (including phenoxy) is 1. The summed E-state index contributed by atoms with van der Waals surface area (Å²) >= 11 is 5.58. The molecular weight excluding hydrogens is 330 g/mol. The minimum atomic E-state index is 0.805. The van der Waals surface area contributed by atoms with Gasteiger partial charge >= 0.3 is 0 Å². The van der Waals surface area contributed by atoms with Crippen molar-refractivity contribution in [3.05, 3.63) is 59.7 Å². The van der Waals surface area contributed by atoms with Crippen LogP contribution < -0.4 is 15.0 Å². The molecule has 25 heavy (non-hydrogen) atoms. The predicted octanol–water partition coefficient (Wildman–Crippen LogP) is 2.10. The molecule has 1 heterocycles. The molecule has 2 aromatic rings. The molecule has 1 saturated heterocycles. The van der Waals surface area contributed by atoms with Crippen molar-refractivity contribution in [2.75, 3.05) is 38.6 Å². The van der Waals surface area contributed by atoms with Gasteiger partial charge in [-0.05, 0) is 43.4 Å². The van der Waals surface area contributed by atoms with Crippen LogP contribution in [0.5, 0.6) is 5.75 Å². The zero-order chi connectivity index (χ0) is 17.6. The largest absolute Gasteiger partial charge is 0.497 e. The second kappa shape index (κ2) is 8.32. The molecule has 0 saturated carbocycles. The zero-order valence-electron chi connectivity index (χ0n) is 14.9. The van der Waals surface area contributed by atoms with Crippen molar-refractivity contribution in [2.24, 2.45) is 0 Å². The SMILES string of the molecule is COc1ccc(NC(=S)N2CC[NH+](Cc3cccc(C)c3)CC2)cc1. The predicted molar refractivity (Wildman–Crippen MR) is 106 cm³/mol. The molecule has 4 nitrogen and oxygen atoms in total. The van der Waals surface area contributed by atoms with E-state index in [1.165, 1.54) is 11.1 Å². The summed E-state index contributed by atoms with van der Waals surface area (Å²) in [5, 5.41) is 4.13. The standard InChI is InChI=1S/C20H25N3OS/c1-16-4-3-5-17(14-16)15-22-10-12-23(13-11-22)20(25)21-18-6-8-19(24-2)9-7-18/h3-9,14H,10-13,15H2,1-2H3,(H,21,25)/p+1. The number of piperazine rings is 1. The fraction of sp³-hybridized carbons (Fsp3) is 0.350. The minimum Gasteiger partial charge on any atom is -0.497 e. The van der Waals surface area contributed by atoms with Crippen molar-refractivity contribution in [3.63, 3.8) is 0 Å². The summed E-state index contributed by atoms with van der Waals surface area (Å²) in [7, 11) is 1.67. The quantitative estimate of drug-likeness (QED) is 0.821. The molecule has 0 aromatic heterocycles. The van der Waals surface area contributed by atoms with Gasteiger partial charge in [0.25, 0.3) is 0 Å². The van der Waals surface area contributed by atoms with Gasteiger partial charge in [-0.25, -0.2) is 0 Å². The van der Waals surface area contributed by atoms with Gasteiger partial charge in [0.2, 0.25) is 0 Å². The summed E-state index contributed by atoms with van der Waals surface area (Å²) < 4.78 is 5.18. The van der Waals surface area contributed by atoms with Crippen LogP contribution in [0.15, 0.2) is 48.5 Å². The molecule has 0 amide bonds. The molecule has 0 aliphatic carbocycles. The number of thiocarbonyl (C=S) groups is 1. The van der Waals surface area contributed by atoms with Crippen LogP contribution in [-0.2, 0) is 6.54 Å². The van der Waals surface area contributed by atoms with E-state index in [-0.39, 0.29) is 0 Å². The van der Waals surface area contributed by atoms with Gasteiger partial charge in [-0.15, -0.1) is 0 Å². The van der Waals surface area contributed by atoms with Gasteiger partial charge in [0.05, 0.1) is 33.3 Å². The summed E-state index contributed by atoms with van der Waals surface area (Å²) in [5.74, 6) is 0.852. The van der Waals surface area contributed by atoms with E-state index in [1.54, 1.807) is 12.0 Å². The maximum atomic E-state index is 5.58. The van der Waals surface area contributed by atoms with E-state index in [0.717, 1.165) is 49.3 Å². The first kappa shape index (κ1) is 17.7. The molecule has 0 spiro atoms. The molecule has 2 aromatic carbocycles. The molecule has 5 heteroatoms. The fourth-order valence-corrected chi connectivity index (χ4v) is 3.49. The van der Waals surface area contributed by atoms with E-state index in [2.05, 4.69) is 41.4 Å². The summed E-state index contributed by atoms with van der Waals surface area (Å²) in [5.41, 5.74) is 3.75. The first-order chi connectivity index (χ1) is 12.1. The van der Waals surface area contributed by atoms with Crippen LogP contribution in [0.2, 0.25) is 0 Å². The Kier molecular flexibility index (Phi) is 5.89. The van der Waals surface area contributed by atoms with Gasteiger partial charge in [0, 0.05) is 11.3 Å². The van der Waals surface area contributed by atoms with Crippen molar-refractivity contribution in [3.8, 4) is 5.75 Å². The van der Waals surface area contributed by atoms with Crippen LogP contribution in [0.4, 0.5) is 5.69 Å². The van der Waals surface area contributed by atoms with E-state index in [9.17, 15) is 0 Å². The Morgan fingerprint density at radius 3 is 2.52 bits per heavy atom. The lowest BCUT2D eigenvalue weighted by atomic mass is 10.1. The molecule has 1 fully saturated rings. The monoisotopic (exact) mass is 356 g/mol. The Labute approximate surface area is 155 Å². The van der Waals surface area contributed by atoms with E-state index in [4.69, 9.17) is 17.0 Å². The highest BCUT2D eigenvalue weighted by atomic mass is 32.1. The van der Waals surface area contributed by atoms with Crippen LogP contribution in [0.3, 0.4) is 0 Å². The molecule has 2 N–H and O–H groups in total. The Morgan fingerprint density at radius 1 is 1.16 bits per heavy atom. The third kappa shape index (κ3) is 4.94. The van der Waals surface area contributed by atoms with Crippen LogP contribution in [0.1, 0.15) is 11.1 Å². The fourth-order valence-electron chi connectivity index (χ4n) is 3.19. The zero-order valence-corrected chi connectivity index (χ0v) is 15.7. The molecular formula is C20H26N3OS+. The molecule has 0 bridgehead atoms.